The van der Waals surface area contributed by atoms with E-state index in [4.69, 9.17) is 21.1 Å². The van der Waals surface area contributed by atoms with E-state index < -0.39 is 30.4 Å². The zero-order valence-electron chi connectivity index (χ0n) is 18.5. The molecule has 1 aliphatic heterocycles. The Morgan fingerprint density at radius 3 is 2.59 bits per heavy atom. The molecule has 3 rings (SSSR count). The van der Waals surface area contributed by atoms with Crippen molar-refractivity contribution >= 4 is 40.3 Å². The first-order chi connectivity index (χ1) is 16.4. The molecule has 13 heteroatoms. The fraction of sp³-hybridized carbons (Fsp3) is 0.476. The molecule has 0 aliphatic carbocycles. The molecule has 0 atom stereocenters. The molecule has 2 heterocycles. The Labute approximate surface area is 204 Å². The number of carbonyl (C=O) groups excluding carboxylic acids is 2. The van der Waals surface area contributed by atoms with Crippen LogP contribution in [0.2, 0.25) is 5.02 Å². The number of ether oxygens (including phenoxy) is 3. The SMILES string of the molecule is COC(=O)Oc1c(OCc2c(F)cc(Cl)cc2F)nsc1NC(=O)NCCCCN1CCCC1. The molecule has 0 spiro atoms. The van der Waals surface area contributed by atoms with Gasteiger partial charge in [-0.2, -0.15) is 0 Å². The topological polar surface area (TPSA) is 102 Å². The van der Waals surface area contributed by atoms with Gasteiger partial charge in [-0.1, -0.05) is 11.6 Å². The van der Waals surface area contributed by atoms with E-state index in [0.717, 1.165) is 63.3 Å². The molecule has 0 saturated carbocycles. The summed E-state index contributed by atoms with van der Waals surface area (Å²) in [5, 5.41) is 5.22. The number of hydrogen-bond acceptors (Lipinski definition) is 8. The van der Waals surface area contributed by atoms with Crippen LogP contribution in [-0.4, -0.2) is 54.7 Å². The third-order valence-electron chi connectivity index (χ3n) is 5.04. The molecular weight excluding hydrogens is 494 g/mol. The van der Waals surface area contributed by atoms with Crippen LogP contribution >= 0.6 is 23.1 Å². The number of rotatable bonds is 10. The zero-order valence-corrected chi connectivity index (χ0v) is 20.1. The summed E-state index contributed by atoms with van der Waals surface area (Å²) in [6, 6.07) is 1.36. The first-order valence-electron chi connectivity index (χ1n) is 10.7. The smallest absolute Gasteiger partial charge is 0.469 e. The number of anilines is 1. The van der Waals surface area contributed by atoms with Crippen molar-refractivity contribution in [3.05, 3.63) is 34.4 Å². The van der Waals surface area contributed by atoms with Crippen molar-refractivity contribution in [1.82, 2.24) is 14.6 Å². The summed E-state index contributed by atoms with van der Waals surface area (Å²) in [5.74, 6) is -2.29. The van der Waals surface area contributed by atoms with Gasteiger partial charge >= 0.3 is 12.2 Å². The number of unbranched alkanes of at least 4 members (excludes halogenated alkanes) is 1. The van der Waals surface area contributed by atoms with E-state index >= 15 is 0 Å². The summed E-state index contributed by atoms with van der Waals surface area (Å²) >= 11 is 6.39. The Bertz CT molecular complexity index is 981. The number of urea groups is 1. The number of amides is 2. The van der Waals surface area contributed by atoms with Crippen molar-refractivity contribution in [2.75, 3.05) is 38.6 Å². The van der Waals surface area contributed by atoms with Crippen molar-refractivity contribution in [3.63, 3.8) is 0 Å². The number of benzene rings is 1. The van der Waals surface area contributed by atoms with Crippen LogP contribution in [0.3, 0.4) is 0 Å². The van der Waals surface area contributed by atoms with E-state index in [0.29, 0.717) is 6.54 Å². The normalized spacial score (nSPS) is 13.5. The molecule has 1 fully saturated rings. The maximum atomic E-state index is 14.0. The maximum absolute atomic E-state index is 14.0. The first-order valence-corrected chi connectivity index (χ1v) is 11.8. The molecule has 0 unspecified atom stereocenters. The zero-order chi connectivity index (χ0) is 24.5. The minimum absolute atomic E-state index is 0.0621. The molecule has 0 bridgehead atoms. The van der Waals surface area contributed by atoms with Crippen molar-refractivity contribution < 1.29 is 32.6 Å². The number of carbonyl (C=O) groups is 2. The van der Waals surface area contributed by atoms with Gasteiger partial charge in [0.25, 0.3) is 5.88 Å². The van der Waals surface area contributed by atoms with Crippen LogP contribution < -0.4 is 20.1 Å². The summed E-state index contributed by atoms with van der Waals surface area (Å²) in [6.07, 6.45) is 3.17. The predicted octanol–water partition coefficient (Wildman–Crippen LogP) is 4.80. The van der Waals surface area contributed by atoms with Gasteiger partial charge in [0, 0.05) is 11.6 Å². The van der Waals surface area contributed by atoms with Crippen LogP contribution in [0, 0.1) is 11.6 Å². The summed E-state index contributed by atoms with van der Waals surface area (Å²) in [4.78, 5) is 26.3. The van der Waals surface area contributed by atoms with Gasteiger partial charge in [0.1, 0.15) is 18.2 Å². The number of methoxy groups -OCH3 is 1. The average molecular weight is 519 g/mol. The number of likely N-dealkylation sites (tertiary alicyclic amines) is 1. The predicted molar refractivity (Wildman–Crippen MR) is 123 cm³/mol. The minimum Gasteiger partial charge on any atom is -0.469 e. The Balaban J connectivity index is 1.57. The van der Waals surface area contributed by atoms with Crippen LogP contribution in [0.4, 0.5) is 23.4 Å². The van der Waals surface area contributed by atoms with E-state index in [1.165, 1.54) is 12.8 Å². The molecule has 0 radical (unpaired) electrons. The number of nitrogens with one attached hydrogen (secondary N) is 2. The summed E-state index contributed by atoms with van der Waals surface area (Å²) < 4.78 is 46.9. The van der Waals surface area contributed by atoms with Crippen LogP contribution in [0.15, 0.2) is 12.1 Å². The highest BCUT2D eigenvalue weighted by molar-refractivity contribution is 7.11. The van der Waals surface area contributed by atoms with Crippen LogP contribution in [0.5, 0.6) is 11.6 Å². The molecule has 9 nitrogen and oxygen atoms in total. The molecule has 1 saturated heterocycles. The highest BCUT2D eigenvalue weighted by Gasteiger charge is 2.23. The highest BCUT2D eigenvalue weighted by Crippen LogP contribution is 2.39. The van der Waals surface area contributed by atoms with Gasteiger partial charge < -0.3 is 24.4 Å². The third kappa shape index (κ3) is 7.40. The molecule has 1 aromatic heterocycles. The van der Waals surface area contributed by atoms with E-state index in [-0.39, 0.29) is 27.2 Å². The van der Waals surface area contributed by atoms with Crippen LogP contribution in [0.1, 0.15) is 31.2 Å². The number of nitrogens with zero attached hydrogens (tertiary/aromatic N) is 2. The van der Waals surface area contributed by atoms with E-state index in [1.54, 1.807) is 0 Å². The van der Waals surface area contributed by atoms with Gasteiger partial charge in [0.05, 0.1) is 12.7 Å². The van der Waals surface area contributed by atoms with Crippen molar-refractivity contribution in [2.24, 2.45) is 0 Å². The van der Waals surface area contributed by atoms with Crippen molar-refractivity contribution in [1.29, 1.82) is 0 Å². The second-order valence-corrected chi connectivity index (χ2v) is 8.69. The molecule has 186 valence electrons. The molecule has 2 N–H and O–H groups in total. The molecule has 34 heavy (non-hydrogen) atoms. The van der Waals surface area contributed by atoms with Gasteiger partial charge in [-0.05, 0) is 69.0 Å². The summed E-state index contributed by atoms with van der Waals surface area (Å²) in [7, 11) is 1.10. The molecular formula is C21H25ClF2N4O5S. The van der Waals surface area contributed by atoms with Gasteiger partial charge in [-0.3, -0.25) is 5.32 Å². The monoisotopic (exact) mass is 518 g/mol. The fourth-order valence-electron chi connectivity index (χ4n) is 3.32. The Morgan fingerprint density at radius 1 is 1.21 bits per heavy atom. The van der Waals surface area contributed by atoms with E-state index in [9.17, 15) is 18.4 Å². The van der Waals surface area contributed by atoms with Crippen LogP contribution in [0.25, 0.3) is 0 Å². The van der Waals surface area contributed by atoms with Crippen LogP contribution in [-0.2, 0) is 11.3 Å². The molecule has 2 aromatic rings. The van der Waals surface area contributed by atoms with Crippen molar-refractivity contribution in [2.45, 2.75) is 32.3 Å². The molecule has 1 aromatic carbocycles. The number of halogens is 3. The molecule has 1 aliphatic rings. The molecule has 2 amide bonds. The number of hydrogen-bond donors (Lipinski definition) is 2. The van der Waals surface area contributed by atoms with Gasteiger partial charge in [0.2, 0.25) is 5.75 Å². The largest absolute Gasteiger partial charge is 0.513 e. The van der Waals surface area contributed by atoms with Crippen molar-refractivity contribution in [3.8, 4) is 11.6 Å². The quantitative estimate of drug-likeness (QED) is 0.344. The fourth-order valence-corrected chi connectivity index (χ4v) is 4.17. The van der Waals surface area contributed by atoms with Gasteiger partial charge in [-0.15, -0.1) is 4.37 Å². The standard InChI is InChI=1S/C21H25ClF2N4O5S/c1-31-21(30)33-17-18(32-12-14-15(23)10-13(22)11-16(14)24)27-34-19(17)26-20(29)25-6-2-3-7-28-8-4-5-9-28/h10-11H,2-9,12H2,1H3,(H2,25,26,29). The lowest BCUT2D eigenvalue weighted by Gasteiger charge is -2.14. The lowest BCUT2D eigenvalue weighted by molar-refractivity contribution is 0.119. The third-order valence-corrected chi connectivity index (χ3v) is 5.99. The Hall–Kier alpha value is -2.70. The minimum atomic E-state index is -1.08. The van der Waals surface area contributed by atoms with Gasteiger partial charge in [-0.25, -0.2) is 18.4 Å². The summed E-state index contributed by atoms with van der Waals surface area (Å²) in [5.41, 5.74) is -0.386. The number of aromatic nitrogens is 1. The highest BCUT2D eigenvalue weighted by atomic mass is 35.5. The van der Waals surface area contributed by atoms with Gasteiger partial charge in [0.15, 0.2) is 5.00 Å². The first kappa shape index (κ1) is 25.9. The lowest BCUT2D eigenvalue weighted by Crippen LogP contribution is -2.30. The summed E-state index contributed by atoms with van der Waals surface area (Å²) in [6.45, 7) is 3.17. The second-order valence-electron chi connectivity index (χ2n) is 7.48. The Kier molecular flexibility index (Phi) is 9.66. The lowest BCUT2D eigenvalue weighted by atomic mass is 10.2. The van der Waals surface area contributed by atoms with E-state index in [1.807, 2.05) is 0 Å². The maximum Gasteiger partial charge on any atom is 0.513 e. The Morgan fingerprint density at radius 2 is 1.91 bits per heavy atom. The van der Waals surface area contributed by atoms with E-state index in [2.05, 4.69) is 24.6 Å². The average Bonchev–Trinajstić information content (AvgIpc) is 3.43. The second kappa shape index (κ2) is 12.7.